The summed E-state index contributed by atoms with van der Waals surface area (Å²) in [4.78, 5) is 37.0. The fourth-order valence-corrected chi connectivity index (χ4v) is 3.68. The van der Waals surface area contributed by atoms with Crippen molar-refractivity contribution in [3.05, 3.63) is 0 Å². The molecule has 0 aliphatic carbocycles. The van der Waals surface area contributed by atoms with Gasteiger partial charge in [0.1, 0.15) is 6.54 Å². The van der Waals surface area contributed by atoms with Gasteiger partial charge in [0.2, 0.25) is 0 Å². The molecule has 1 fully saturated rings. The molecule has 0 aromatic carbocycles. The molecular weight excluding hydrogens is 454 g/mol. The van der Waals surface area contributed by atoms with Gasteiger partial charge in [-0.15, -0.1) is 6.42 Å². The second-order valence-electron chi connectivity index (χ2n) is 9.49. The fourth-order valence-electron chi connectivity index (χ4n) is 3.68. The van der Waals surface area contributed by atoms with Gasteiger partial charge in [-0.3, -0.25) is 14.4 Å². The van der Waals surface area contributed by atoms with Gasteiger partial charge in [-0.2, -0.15) is 0 Å². The number of quaternary nitrogens is 1. The normalized spacial score (nSPS) is 22.2. The van der Waals surface area contributed by atoms with Crippen molar-refractivity contribution in [3.8, 4) is 12.3 Å². The highest BCUT2D eigenvalue weighted by Crippen LogP contribution is 2.26. The second-order valence-corrected chi connectivity index (χ2v) is 9.49. The average Bonchev–Trinajstić information content (AvgIpc) is 2.77. The Labute approximate surface area is 210 Å². The van der Waals surface area contributed by atoms with Crippen LogP contribution in [0.25, 0.3) is 0 Å². The van der Waals surface area contributed by atoms with Crippen LogP contribution in [0.3, 0.4) is 0 Å². The largest absolute Gasteiger partial charge is 0.456 e. The summed E-state index contributed by atoms with van der Waals surface area (Å²) in [7, 11) is 4.15. The number of hydrogen-bond donors (Lipinski definition) is 0. The smallest absolute Gasteiger partial charge is 0.306 e. The molecule has 0 saturated carbocycles. The Morgan fingerprint density at radius 2 is 1.43 bits per heavy atom. The fraction of sp³-hybridized carbons (Fsp3) is 0.808. The minimum atomic E-state index is -1.04. The van der Waals surface area contributed by atoms with Crippen LogP contribution in [0.1, 0.15) is 72.1 Å². The van der Waals surface area contributed by atoms with Crippen molar-refractivity contribution < 1.29 is 42.6 Å². The van der Waals surface area contributed by atoms with Crippen molar-refractivity contribution in [2.24, 2.45) is 0 Å². The summed E-state index contributed by atoms with van der Waals surface area (Å²) in [5.41, 5.74) is 0. The summed E-state index contributed by atoms with van der Waals surface area (Å²) in [5.74, 6) is 1.34. The highest BCUT2D eigenvalue weighted by atomic mass is 16.7. The number of rotatable bonds is 16. The molecule has 0 bridgehead atoms. The third kappa shape index (κ3) is 11.9. The SMILES string of the molecule is C#CC[N+](C)(C)CCCCOC1OC[C@H](OC(=O)CCC)[C@H](OC(=O)CCC)[C@H]1OC(=O)CCC. The highest BCUT2D eigenvalue weighted by molar-refractivity contribution is 5.71. The van der Waals surface area contributed by atoms with Crippen molar-refractivity contribution >= 4 is 17.9 Å². The van der Waals surface area contributed by atoms with Crippen LogP contribution in [0.15, 0.2) is 0 Å². The molecule has 1 aliphatic heterocycles. The van der Waals surface area contributed by atoms with Crippen LogP contribution >= 0.6 is 0 Å². The molecule has 0 amide bonds. The molecule has 0 aromatic rings. The van der Waals surface area contributed by atoms with Gasteiger partial charge in [-0.1, -0.05) is 20.8 Å². The first-order chi connectivity index (χ1) is 16.7. The first kappa shape index (κ1) is 30.9. The van der Waals surface area contributed by atoms with Crippen LogP contribution < -0.4 is 0 Å². The summed E-state index contributed by atoms with van der Waals surface area (Å²) in [6.07, 6.45) is 5.59. The lowest BCUT2D eigenvalue weighted by Crippen LogP contribution is -2.58. The second kappa shape index (κ2) is 16.5. The molecule has 1 aliphatic rings. The van der Waals surface area contributed by atoms with Crippen molar-refractivity contribution in [2.75, 3.05) is 40.4 Å². The van der Waals surface area contributed by atoms with Crippen LogP contribution in [0.4, 0.5) is 0 Å². The van der Waals surface area contributed by atoms with E-state index in [0.29, 0.717) is 36.9 Å². The lowest BCUT2D eigenvalue weighted by Gasteiger charge is -2.40. The number of terminal acetylenes is 1. The van der Waals surface area contributed by atoms with E-state index < -0.39 is 42.5 Å². The van der Waals surface area contributed by atoms with Gasteiger partial charge in [-0.05, 0) is 38.0 Å². The molecule has 4 atom stereocenters. The molecule has 1 saturated heterocycles. The quantitative estimate of drug-likeness (QED) is 0.105. The van der Waals surface area contributed by atoms with Crippen molar-refractivity contribution in [1.82, 2.24) is 0 Å². The minimum Gasteiger partial charge on any atom is -0.456 e. The van der Waals surface area contributed by atoms with Gasteiger partial charge >= 0.3 is 17.9 Å². The standard InChI is InChI=1S/C26H44NO8/c1-7-13-21(28)33-20-19-32-26(31-18-12-11-17-27(5,6)16-10-4)25(35-23(30)15-9-3)24(20)34-22(29)14-8-2/h4,20,24-26H,7-9,11-19H2,1-3,5-6H3/q+1/t20-,24-,25+,26?/m0/s1. The molecule has 9 heteroatoms. The van der Waals surface area contributed by atoms with E-state index >= 15 is 0 Å². The molecular formula is C26H44NO8+. The van der Waals surface area contributed by atoms with E-state index in [1.807, 2.05) is 20.8 Å². The predicted molar refractivity (Wildman–Crippen MR) is 130 cm³/mol. The lowest BCUT2D eigenvalue weighted by molar-refractivity contribution is -0.883. The Morgan fingerprint density at radius 3 is 1.97 bits per heavy atom. The molecule has 1 heterocycles. The summed E-state index contributed by atoms with van der Waals surface area (Å²) >= 11 is 0. The molecule has 1 rings (SSSR count). The molecule has 35 heavy (non-hydrogen) atoms. The number of nitrogens with zero attached hydrogens (tertiary/aromatic N) is 1. The number of ether oxygens (including phenoxy) is 5. The van der Waals surface area contributed by atoms with Crippen molar-refractivity contribution in [1.29, 1.82) is 0 Å². The number of carbonyl (C=O) groups is 3. The van der Waals surface area contributed by atoms with E-state index in [9.17, 15) is 14.4 Å². The molecule has 1 unspecified atom stereocenters. The molecule has 0 N–H and O–H groups in total. The summed E-state index contributed by atoms with van der Waals surface area (Å²) in [5, 5.41) is 0. The van der Waals surface area contributed by atoms with E-state index in [4.69, 9.17) is 30.1 Å². The van der Waals surface area contributed by atoms with Crippen LogP contribution in [0, 0.1) is 12.3 Å². The predicted octanol–water partition coefficient (Wildman–Crippen LogP) is 2.98. The van der Waals surface area contributed by atoms with Crippen molar-refractivity contribution in [2.45, 2.75) is 96.7 Å². The van der Waals surface area contributed by atoms with E-state index in [2.05, 4.69) is 20.0 Å². The Balaban J connectivity index is 2.94. The zero-order valence-electron chi connectivity index (χ0n) is 22.1. The summed E-state index contributed by atoms with van der Waals surface area (Å²) < 4.78 is 29.4. The Bertz CT molecular complexity index is 702. The molecule has 0 aromatic heterocycles. The molecule has 200 valence electrons. The first-order valence-electron chi connectivity index (χ1n) is 12.7. The minimum absolute atomic E-state index is 0.0297. The Morgan fingerprint density at radius 1 is 0.886 bits per heavy atom. The van der Waals surface area contributed by atoms with Gasteiger partial charge in [0.15, 0.2) is 24.6 Å². The van der Waals surface area contributed by atoms with Gasteiger partial charge in [0, 0.05) is 19.3 Å². The van der Waals surface area contributed by atoms with Gasteiger partial charge < -0.3 is 28.2 Å². The van der Waals surface area contributed by atoms with Gasteiger partial charge in [0.25, 0.3) is 0 Å². The number of hydrogen-bond acceptors (Lipinski definition) is 8. The zero-order valence-corrected chi connectivity index (χ0v) is 22.1. The highest BCUT2D eigenvalue weighted by Gasteiger charge is 2.48. The molecule has 0 radical (unpaired) electrons. The maximum Gasteiger partial charge on any atom is 0.306 e. The molecule has 9 nitrogen and oxygen atoms in total. The van der Waals surface area contributed by atoms with Crippen LogP contribution in [0.2, 0.25) is 0 Å². The van der Waals surface area contributed by atoms with E-state index in [1.165, 1.54) is 0 Å². The van der Waals surface area contributed by atoms with Crippen LogP contribution in [-0.2, 0) is 38.1 Å². The van der Waals surface area contributed by atoms with Crippen LogP contribution in [-0.4, -0.2) is 87.4 Å². The monoisotopic (exact) mass is 498 g/mol. The van der Waals surface area contributed by atoms with Gasteiger partial charge in [-0.25, -0.2) is 0 Å². The lowest BCUT2D eigenvalue weighted by atomic mass is 10.0. The van der Waals surface area contributed by atoms with Crippen molar-refractivity contribution in [3.63, 3.8) is 0 Å². The topological polar surface area (TPSA) is 97.4 Å². The maximum atomic E-state index is 12.4. The zero-order chi connectivity index (χ0) is 26.3. The van der Waals surface area contributed by atoms with Gasteiger partial charge in [0.05, 0.1) is 33.9 Å². The molecule has 0 spiro atoms. The first-order valence-corrected chi connectivity index (χ1v) is 12.7. The Kier molecular flexibility index (Phi) is 14.6. The van der Waals surface area contributed by atoms with E-state index in [-0.39, 0.29) is 25.9 Å². The Hall–Kier alpha value is -2.15. The average molecular weight is 499 g/mol. The third-order valence-corrected chi connectivity index (χ3v) is 5.52. The third-order valence-electron chi connectivity index (χ3n) is 5.52. The number of esters is 3. The number of carbonyl (C=O) groups excluding carboxylic acids is 3. The van der Waals surface area contributed by atoms with E-state index in [1.54, 1.807) is 0 Å². The maximum absolute atomic E-state index is 12.4. The number of unbranched alkanes of at least 4 members (excludes halogenated alkanes) is 1. The summed E-state index contributed by atoms with van der Waals surface area (Å²) in [6.45, 7) is 7.45. The van der Waals surface area contributed by atoms with E-state index in [0.717, 1.165) is 19.4 Å². The van der Waals surface area contributed by atoms with Crippen LogP contribution in [0.5, 0.6) is 0 Å². The summed E-state index contributed by atoms with van der Waals surface area (Å²) in [6, 6.07) is 0.